The van der Waals surface area contributed by atoms with Crippen LogP contribution in [0.15, 0.2) is 61.1 Å². The number of nitrogens with one attached hydrogen (secondary N) is 2. The highest BCUT2D eigenvalue weighted by Gasteiger charge is 2.00. The van der Waals surface area contributed by atoms with Crippen LogP contribution in [0, 0.1) is 0 Å². The molecule has 0 aliphatic carbocycles. The molecule has 0 fully saturated rings. The number of halogens is 1. The Morgan fingerprint density at radius 1 is 0.826 bits per heavy atom. The number of nitrogens with zero attached hydrogens (tertiary/aromatic N) is 3. The van der Waals surface area contributed by atoms with E-state index < -0.39 is 0 Å². The first kappa shape index (κ1) is 15.2. The van der Waals surface area contributed by atoms with Gasteiger partial charge in [0, 0.05) is 23.8 Å². The fourth-order valence-electron chi connectivity index (χ4n) is 2.03. The van der Waals surface area contributed by atoms with Crippen LogP contribution in [0.2, 0.25) is 5.02 Å². The van der Waals surface area contributed by atoms with Crippen LogP contribution in [-0.4, -0.2) is 15.0 Å². The quantitative estimate of drug-likeness (QED) is 0.722. The lowest BCUT2D eigenvalue weighted by atomic mass is 10.2. The first-order valence-corrected chi connectivity index (χ1v) is 7.61. The number of aromatic nitrogens is 3. The van der Waals surface area contributed by atoms with Crippen molar-refractivity contribution >= 4 is 23.2 Å². The lowest BCUT2D eigenvalue weighted by Crippen LogP contribution is -2.06. The van der Waals surface area contributed by atoms with E-state index in [1.807, 2.05) is 48.5 Å². The van der Waals surface area contributed by atoms with Crippen molar-refractivity contribution in [2.75, 3.05) is 10.6 Å². The maximum absolute atomic E-state index is 5.88. The van der Waals surface area contributed by atoms with Crippen LogP contribution in [0.3, 0.4) is 0 Å². The zero-order chi connectivity index (χ0) is 15.9. The second-order valence-electron chi connectivity index (χ2n) is 4.94. The number of pyridine rings is 1. The molecule has 0 amide bonds. The Labute approximate surface area is 139 Å². The van der Waals surface area contributed by atoms with Crippen LogP contribution in [-0.2, 0) is 13.1 Å². The van der Waals surface area contributed by atoms with Gasteiger partial charge in [-0.05, 0) is 29.8 Å². The van der Waals surface area contributed by atoms with Gasteiger partial charge in [0.1, 0.15) is 18.0 Å². The fourth-order valence-corrected chi connectivity index (χ4v) is 2.16. The van der Waals surface area contributed by atoms with Crippen LogP contribution in [0.25, 0.3) is 0 Å². The Balaban J connectivity index is 1.57. The Kier molecular flexibility index (Phi) is 5.01. The molecule has 0 radical (unpaired) electrons. The summed E-state index contributed by atoms with van der Waals surface area (Å²) in [7, 11) is 0. The summed E-state index contributed by atoms with van der Waals surface area (Å²) in [5.74, 6) is 1.52. The molecule has 116 valence electrons. The molecule has 3 rings (SSSR count). The third-order valence-corrected chi connectivity index (χ3v) is 3.48. The number of hydrogen-bond acceptors (Lipinski definition) is 5. The van der Waals surface area contributed by atoms with E-state index >= 15 is 0 Å². The van der Waals surface area contributed by atoms with E-state index in [2.05, 4.69) is 25.6 Å². The van der Waals surface area contributed by atoms with E-state index in [0.717, 1.165) is 27.9 Å². The predicted octanol–water partition coefficient (Wildman–Crippen LogP) is 3.75. The minimum Gasteiger partial charge on any atom is -0.366 e. The normalized spacial score (nSPS) is 10.3. The minimum absolute atomic E-state index is 0.620. The molecule has 0 aliphatic heterocycles. The monoisotopic (exact) mass is 325 g/mol. The van der Waals surface area contributed by atoms with Crippen molar-refractivity contribution in [3.05, 3.63) is 77.3 Å². The van der Waals surface area contributed by atoms with E-state index in [-0.39, 0.29) is 0 Å². The van der Waals surface area contributed by atoms with Gasteiger partial charge in [-0.3, -0.25) is 4.98 Å². The third kappa shape index (κ3) is 4.66. The first-order chi connectivity index (χ1) is 11.3. The molecule has 0 aliphatic rings. The van der Waals surface area contributed by atoms with Crippen molar-refractivity contribution in [3.8, 4) is 0 Å². The van der Waals surface area contributed by atoms with Gasteiger partial charge in [0.05, 0.1) is 12.2 Å². The van der Waals surface area contributed by atoms with Crippen LogP contribution >= 0.6 is 11.6 Å². The first-order valence-electron chi connectivity index (χ1n) is 7.24. The number of benzene rings is 1. The van der Waals surface area contributed by atoms with E-state index in [0.29, 0.717) is 13.1 Å². The molecular weight excluding hydrogens is 310 g/mol. The van der Waals surface area contributed by atoms with Gasteiger partial charge in [-0.15, -0.1) is 0 Å². The summed E-state index contributed by atoms with van der Waals surface area (Å²) in [4.78, 5) is 12.7. The van der Waals surface area contributed by atoms with Crippen LogP contribution in [0.5, 0.6) is 0 Å². The van der Waals surface area contributed by atoms with Crippen LogP contribution < -0.4 is 10.6 Å². The number of rotatable bonds is 6. The lowest BCUT2D eigenvalue weighted by Gasteiger charge is -2.08. The van der Waals surface area contributed by atoms with Gasteiger partial charge in [-0.2, -0.15) is 0 Å². The van der Waals surface area contributed by atoms with Gasteiger partial charge in [-0.25, -0.2) is 9.97 Å². The summed E-state index contributed by atoms with van der Waals surface area (Å²) in [5.41, 5.74) is 2.10. The molecule has 2 heterocycles. The molecule has 0 bridgehead atoms. The maximum atomic E-state index is 5.88. The summed E-state index contributed by atoms with van der Waals surface area (Å²) >= 11 is 5.88. The molecule has 0 spiro atoms. The molecule has 0 saturated heterocycles. The standard InChI is InChI=1S/C17H16ClN5/c18-14-6-4-13(5-7-14)10-20-16-9-17(23-12-22-16)21-11-15-3-1-2-8-19-15/h1-9,12H,10-11H2,(H2,20,21,22,23). The number of hydrogen-bond donors (Lipinski definition) is 2. The fraction of sp³-hybridized carbons (Fsp3) is 0.118. The van der Waals surface area contributed by atoms with Crippen LogP contribution in [0.1, 0.15) is 11.3 Å². The van der Waals surface area contributed by atoms with Gasteiger partial charge in [0.15, 0.2) is 0 Å². The molecule has 6 heteroatoms. The molecule has 3 aromatic rings. The largest absolute Gasteiger partial charge is 0.366 e. The molecule has 0 atom stereocenters. The molecule has 23 heavy (non-hydrogen) atoms. The summed E-state index contributed by atoms with van der Waals surface area (Å²) < 4.78 is 0. The highest BCUT2D eigenvalue weighted by Crippen LogP contribution is 2.13. The zero-order valence-corrected chi connectivity index (χ0v) is 13.2. The highest BCUT2D eigenvalue weighted by molar-refractivity contribution is 6.30. The lowest BCUT2D eigenvalue weighted by molar-refractivity contribution is 1.01. The molecular formula is C17H16ClN5. The van der Waals surface area contributed by atoms with Gasteiger partial charge in [0.25, 0.3) is 0 Å². The molecule has 1 aromatic carbocycles. The van der Waals surface area contributed by atoms with E-state index in [1.54, 1.807) is 6.20 Å². The Morgan fingerprint density at radius 2 is 1.57 bits per heavy atom. The van der Waals surface area contributed by atoms with E-state index in [4.69, 9.17) is 11.6 Å². The molecule has 2 N–H and O–H groups in total. The smallest absolute Gasteiger partial charge is 0.131 e. The molecule has 5 nitrogen and oxygen atoms in total. The Bertz CT molecular complexity index is 746. The van der Waals surface area contributed by atoms with E-state index in [1.165, 1.54) is 6.33 Å². The Hall–Kier alpha value is -2.66. The van der Waals surface area contributed by atoms with Gasteiger partial charge in [0.2, 0.25) is 0 Å². The maximum Gasteiger partial charge on any atom is 0.131 e. The summed E-state index contributed by atoms with van der Waals surface area (Å²) in [6.45, 7) is 1.29. The van der Waals surface area contributed by atoms with Gasteiger partial charge >= 0.3 is 0 Å². The summed E-state index contributed by atoms with van der Waals surface area (Å²) in [5, 5.41) is 7.24. The van der Waals surface area contributed by atoms with Gasteiger partial charge < -0.3 is 10.6 Å². The second kappa shape index (κ2) is 7.56. The predicted molar refractivity (Wildman–Crippen MR) is 92.4 cm³/mol. The minimum atomic E-state index is 0.620. The second-order valence-corrected chi connectivity index (χ2v) is 5.38. The molecule has 2 aromatic heterocycles. The SMILES string of the molecule is Clc1ccc(CNc2cc(NCc3ccccn3)ncn2)cc1. The Morgan fingerprint density at radius 3 is 2.26 bits per heavy atom. The highest BCUT2D eigenvalue weighted by atomic mass is 35.5. The van der Waals surface area contributed by atoms with Crippen molar-refractivity contribution in [2.24, 2.45) is 0 Å². The van der Waals surface area contributed by atoms with Crippen molar-refractivity contribution in [2.45, 2.75) is 13.1 Å². The van der Waals surface area contributed by atoms with Gasteiger partial charge in [-0.1, -0.05) is 29.8 Å². The average molecular weight is 326 g/mol. The summed E-state index contributed by atoms with van der Waals surface area (Å²) in [6, 6.07) is 15.4. The van der Waals surface area contributed by atoms with Crippen LogP contribution in [0.4, 0.5) is 11.6 Å². The topological polar surface area (TPSA) is 62.7 Å². The van der Waals surface area contributed by atoms with Crippen molar-refractivity contribution in [3.63, 3.8) is 0 Å². The summed E-state index contributed by atoms with van der Waals surface area (Å²) in [6.07, 6.45) is 3.31. The van der Waals surface area contributed by atoms with Crippen molar-refractivity contribution < 1.29 is 0 Å². The molecule has 0 saturated carbocycles. The average Bonchev–Trinajstić information content (AvgIpc) is 2.61. The molecule has 0 unspecified atom stereocenters. The zero-order valence-electron chi connectivity index (χ0n) is 12.4. The van der Waals surface area contributed by atoms with Crippen molar-refractivity contribution in [1.82, 2.24) is 15.0 Å². The van der Waals surface area contributed by atoms with E-state index in [9.17, 15) is 0 Å². The number of anilines is 2. The van der Waals surface area contributed by atoms with Crippen molar-refractivity contribution in [1.29, 1.82) is 0 Å². The third-order valence-electron chi connectivity index (χ3n) is 3.23.